The summed E-state index contributed by atoms with van der Waals surface area (Å²) in [4.78, 5) is 22.0. The number of hydrogen-bond donors (Lipinski definition) is 1. The van der Waals surface area contributed by atoms with Crippen LogP contribution in [0.2, 0.25) is 0 Å². The molecule has 0 saturated heterocycles. The smallest absolute Gasteiger partial charge is 0.345 e. The van der Waals surface area contributed by atoms with Gasteiger partial charge in [0.15, 0.2) is 0 Å². The van der Waals surface area contributed by atoms with Crippen molar-refractivity contribution in [1.29, 1.82) is 0 Å². The average Bonchev–Trinajstić information content (AvgIpc) is 2.24. The normalized spacial score (nSPS) is 14.2. The van der Waals surface area contributed by atoms with E-state index in [1.54, 1.807) is 26.8 Å². The van der Waals surface area contributed by atoms with Crippen LogP contribution in [0.25, 0.3) is 0 Å². The number of carbonyl (C=O) groups excluding carboxylic acids is 1. The predicted molar refractivity (Wildman–Crippen MR) is 65.7 cm³/mol. The van der Waals surface area contributed by atoms with Gasteiger partial charge >= 0.3 is 11.9 Å². The number of rotatable bonds is 4. The van der Waals surface area contributed by atoms with E-state index < -0.39 is 17.5 Å². The Morgan fingerprint density at radius 3 is 2.06 bits per heavy atom. The Bertz CT molecular complexity index is 412. The van der Waals surface area contributed by atoms with Gasteiger partial charge in [0.05, 0.1) is 7.11 Å². The molecule has 0 rings (SSSR count). The van der Waals surface area contributed by atoms with Crippen molar-refractivity contribution in [3.63, 3.8) is 0 Å². The van der Waals surface area contributed by atoms with Crippen molar-refractivity contribution in [2.45, 2.75) is 20.8 Å². The zero-order valence-electron chi connectivity index (χ0n) is 10.2. The van der Waals surface area contributed by atoms with Gasteiger partial charge in [0.1, 0.15) is 5.57 Å². The molecule has 5 heteroatoms. The van der Waals surface area contributed by atoms with Crippen molar-refractivity contribution in [3.8, 4) is 0 Å². The highest BCUT2D eigenvalue weighted by Crippen LogP contribution is 2.13. The van der Waals surface area contributed by atoms with Crippen LogP contribution in [0.5, 0.6) is 0 Å². The van der Waals surface area contributed by atoms with Gasteiger partial charge in [-0.15, -0.1) is 0 Å². The third-order valence-electron chi connectivity index (χ3n) is 2.00. The lowest BCUT2D eigenvalue weighted by molar-refractivity contribution is -0.142. The molecule has 0 radical (unpaired) electrons. The van der Waals surface area contributed by atoms with Crippen LogP contribution in [-0.4, -0.2) is 24.2 Å². The molecule has 0 atom stereocenters. The fraction of sp³-hybridized carbons (Fsp3) is 0.333. The Kier molecular flexibility index (Phi) is 6.28. The van der Waals surface area contributed by atoms with Crippen LogP contribution < -0.4 is 0 Å². The van der Waals surface area contributed by atoms with E-state index in [4.69, 9.17) is 16.7 Å². The number of carboxylic acid groups (broad SMARTS) is 1. The van der Waals surface area contributed by atoms with Crippen LogP contribution in [0.15, 0.2) is 33.9 Å². The number of methoxy groups -OCH3 is 1. The highest BCUT2D eigenvalue weighted by atomic mass is 35.5. The van der Waals surface area contributed by atoms with E-state index in [0.29, 0.717) is 10.6 Å². The highest BCUT2D eigenvalue weighted by Gasteiger charge is 2.17. The number of esters is 1. The zero-order valence-corrected chi connectivity index (χ0v) is 11.0. The van der Waals surface area contributed by atoms with Crippen LogP contribution >= 0.6 is 11.6 Å². The Morgan fingerprint density at radius 1 is 1.18 bits per heavy atom. The van der Waals surface area contributed by atoms with Gasteiger partial charge < -0.3 is 9.84 Å². The molecule has 17 heavy (non-hydrogen) atoms. The molecule has 0 aromatic rings. The summed E-state index contributed by atoms with van der Waals surface area (Å²) in [7, 11) is 1.13. The number of allylic oxidation sites excluding steroid dienone is 5. The molecule has 0 aromatic carbocycles. The minimum atomic E-state index is -1.33. The lowest BCUT2D eigenvalue weighted by Crippen LogP contribution is -2.13. The first kappa shape index (κ1) is 15.4. The second-order valence-electron chi connectivity index (χ2n) is 3.46. The second kappa shape index (κ2) is 6.91. The maximum atomic E-state index is 11.2. The van der Waals surface area contributed by atoms with Gasteiger partial charge in [-0.2, -0.15) is 0 Å². The first-order valence-electron chi connectivity index (χ1n) is 4.84. The van der Waals surface area contributed by atoms with Crippen molar-refractivity contribution < 1.29 is 19.4 Å². The average molecular weight is 259 g/mol. The SMILES string of the molecule is COC(=O)\C(=C/C(C)=C/C(C)=C(/C)Cl)C(=O)O. The standard InChI is InChI=1S/C12H15ClO4/c1-7(5-8(2)9(3)13)6-10(11(14)15)12(16)17-4/h5-6H,1-4H3,(H,14,15)/b7-5+,9-8-,10-6-. The summed E-state index contributed by atoms with van der Waals surface area (Å²) in [6.45, 7) is 5.19. The van der Waals surface area contributed by atoms with Crippen molar-refractivity contribution in [2.75, 3.05) is 7.11 Å². The van der Waals surface area contributed by atoms with Gasteiger partial charge in [-0.1, -0.05) is 17.7 Å². The van der Waals surface area contributed by atoms with Crippen molar-refractivity contribution >= 4 is 23.5 Å². The van der Waals surface area contributed by atoms with Gasteiger partial charge in [-0.3, -0.25) is 0 Å². The summed E-state index contributed by atoms with van der Waals surface area (Å²) in [5, 5.41) is 9.44. The molecule has 0 amide bonds. The number of aliphatic carboxylic acids is 1. The molecule has 0 saturated carbocycles. The monoisotopic (exact) mass is 258 g/mol. The molecule has 0 spiro atoms. The summed E-state index contributed by atoms with van der Waals surface area (Å²) in [5.74, 6) is -2.21. The Hall–Kier alpha value is -1.55. The Labute approximate surface area is 105 Å². The lowest BCUT2D eigenvalue weighted by atomic mass is 10.1. The number of hydrogen-bond acceptors (Lipinski definition) is 3. The third-order valence-corrected chi connectivity index (χ3v) is 2.29. The fourth-order valence-corrected chi connectivity index (χ4v) is 1.08. The summed E-state index contributed by atoms with van der Waals surface area (Å²) >= 11 is 5.77. The van der Waals surface area contributed by atoms with E-state index in [9.17, 15) is 9.59 Å². The Balaban J connectivity index is 5.29. The number of carbonyl (C=O) groups is 2. The predicted octanol–water partition coefficient (Wildman–Crippen LogP) is 2.65. The minimum absolute atomic E-state index is 0.415. The summed E-state index contributed by atoms with van der Waals surface area (Å²) in [6.07, 6.45) is 2.94. The fourth-order valence-electron chi connectivity index (χ4n) is 1.03. The third kappa shape index (κ3) is 5.36. The van der Waals surface area contributed by atoms with E-state index in [1.807, 2.05) is 0 Å². The van der Waals surface area contributed by atoms with Crippen molar-refractivity contribution in [1.82, 2.24) is 0 Å². The molecular weight excluding hydrogens is 244 g/mol. The molecule has 0 aliphatic heterocycles. The van der Waals surface area contributed by atoms with Crippen LogP contribution in [0.3, 0.4) is 0 Å². The van der Waals surface area contributed by atoms with Crippen LogP contribution in [0.4, 0.5) is 0 Å². The molecule has 0 unspecified atom stereocenters. The molecule has 0 heterocycles. The molecule has 0 aliphatic carbocycles. The molecule has 4 nitrogen and oxygen atoms in total. The first-order valence-corrected chi connectivity index (χ1v) is 5.22. The minimum Gasteiger partial charge on any atom is -0.477 e. The molecule has 0 bridgehead atoms. The van der Waals surface area contributed by atoms with E-state index in [-0.39, 0.29) is 0 Å². The van der Waals surface area contributed by atoms with Gasteiger partial charge in [0.25, 0.3) is 0 Å². The number of ether oxygens (including phenoxy) is 1. The summed E-state index contributed by atoms with van der Waals surface area (Å²) < 4.78 is 4.37. The molecular formula is C12H15ClO4. The van der Waals surface area contributed by atoms with Crippen molar-refractivity contribution in [3.05, 3.63) is 33.9 Å². The first-order chi connectivity index (χ1) is 7.79. The number of carboxylic acids is 1. The topological polar surface area (TPSA) is 63.6 Å². The maximum Gasteiger partial charge on any atom is 0.345 e. The number of halogens is 1. The second-order valence-corrected chi connectivity index (χ2v) is 4.03. The molecule has 1 N–H and O–H groups in total. The summed E-state index contributed by atoms with van der Waals surface area (Å²) in [5.41, 5.74) is 0.988. The van der Waals surface area contributed by atoms with Crippen LogP contribution in [-0.2, 0) is 14.3 Å². The van der Waals surface area contributed by atoms with Gasteiger partial charge in [-0.05, 0) is 38.0 Å². The summed E-state index contributed by atoms with van der Waals surface area (Å²) in [6, 6.07) is 0. The van der Waals surface area contributed by atoms with Gasteiger partial charge in [-0.25, -0.2) is 9.59 Å². The highest BCUT2D eigenvalue weighted by molar-refractivity contribution is 6.29. The molecule has 0 aliphatic rings. The van der Waals surface area contributed by atoms with Gasteiger partial charge in [0, 0.05) is 5.03 Å². The van der Waals surface area contributed by atoms with E-state index >= 15 is 0 Å². The maximum absolute atomic E-state index is 11.2. The zero-order chi connectivity index (χ0) is 13.6. The van der Waals surface area contributed by atoms with E-state index in [1.165, 1.54) is 6.08 Å². The van der Waals surface area contributed by atoms with Gasteiger partial charge in [0.2, 0.25) is 0 Å². The van der Waals surface area contributed by atoms with Crippen LogP contribution in [0, 0.1) is 0 Å². The largest absolute Gasteiger partial charge is 0.477 e. The van der Waals surface area contributed by atoms with E-state index in [0.717, 1.165) is 12.7 Å². The molecule has 94 valence electrons. The Morgan fingerprint density at radius 2 is 1.71 bits per heavy atom. The van der Waals surface area contributed by atoms with Crippen molar-refractivity contribution in [2.24, 2.45) is 0 Å². The van der Waals surface area contributed by atoms with Crippen LogP contribution in [0.1, 0.15) is 20.8 Å². The molecule has 0 fully saturated rings. The quantitative estimate of drug-likeness (QED) is 0.277. The lowest BCUT2D eigenvalue weighted by Gasteiger charge is -2.01. The van der Waals surface area contributed by atoms with E-state index in [2.05, 4.69) is 4.74 Å². The molecule has 0 aromatic heterocycles.